The van der Waals surface area contributed by atoms with E-state index in [1.807, 2.05) is 33.9 Å². The molecule has 6 heteroatoms. The molecule has 5 aromatic heterocycles. The third-order valence-electron chi connectivity index (χ3n) is 25.0. The highest BCUT2D eigenvalue weighted by Crippen LogP contribution is 2.41. The molecular weight excluding hydrogens is 1400 g/mol. The van der Waals surface area contributed by atoms with Gasteiger partial charge in [0.1, 0.15) is 41.1 Å². The lowest BCUT2D eigenvalue weighted by molar-refractivity contribution is -0.659. The predicted octanol–water partition coefficient (Wildman–Crippen LogP) is 26.1. The number of benzene rings is 10. The summed E-state index contributed by atoms with van der Waals surface area (Å²) in [6.45, 7) is 47.9. The van der Waals surface area contributed by atoms with Crippen molar-refractivity contribution in [2.24, 2.45) is 35.2 Å². The van der Waals surface area contributed by atoms with Crippen molar-refractivity contribution in [3.05, 3.63) is 324 Å². The molecule has 10 aromatic carbocycles. The molecule has 1 aliphatic carbocycles. The van der Waals surface area contributed by atoms with Crippen molar-refractivity contribution in [3.63, 3.8) is 0 Å². The van der Waals surface area contributed by atoms with Crippen molar-refractivity contribution in [2.75, 3.05) is 0 Å². The van der Waals surface area contributed by atoms with E-state index in [0.29, 0.717) is 11.5 Å². The smallest absolute Gasteiger partial charge is 0.206 e. The van der Waals surface area contributed by atoms with Gasteiger partial charge in [0.25, 0.3) is 0 Å². The summed E-state index contributed by atoms with van der Waals surface area (Å²) >= 11 is 0. The van der Waals surface area contributed by atoms with E-state index in [2.05, 4.69) is 383 Å². The van der Waals surface area contributed by atoms with Crippen LogP contribution in [0, 0.1) is 124 Å². The Labute approximate surface area is 687 Å². The van der Waals surface area contributed by atoms with Crippen molar-refractivity contribution in [1.29, 1.82) is 0 Å². The summed E-state index contributed by atoms with van der Waals surface area (Å²) in [6, 6.07) is 65.3. The third kappa shape index (κ3) is 17.7. The van der Waals surface area contributed by atoms with Gasteiger partial charge in [0.2, 0.25) is 28.5 Å². The summed E-state index contributed by atoms with van der Waals surface area (Å²) in [6.07, 6.45) is 16.3. The second kappa shape index (κ2) is 34.3. The zero-order valence-corrected chi connectivity index (χ0v) is 74.2. The molecule has 0 bridgehead atoms. The van der Waals surface area contributed by atoms with Crippen LogP contribution in [0.15, 0.2) is 207 Å². The highest BCUT2D eigenvalue weighted by molar-refractivity contribution is 5.98. The molecule has 0 spiro atoms. The minimum Gasteiger partial charge on any atom is -0.206 e. The number of hydrogen-bond donors (Lipinski definition) is 0. The van der Waals surface area contributed by atoms with E-state index >= 15 is 0 Å². The maximum atomic E-state index is 14.1. The summed E-state index contributed by atoms with van der Waals surface area (Å²) in [5.74, 6) is 1.19. The Kier molecular flexibility index (Phi) is 24.9. The zero-order valence-electron chi connectivity index (χ0n) is 74.2. The summed E-state index contributed by atoms with van der Waals surface area (Å²) in [5.41, 5.74) is 38.7. The van der Waals surface area contributed by atoms with Crippen LogP contribution < -0.4 is 22.8 Å². The monoisotopic (exact) mass is 1520 g/mol. The number of pyridine rings is 5. The Balaban J connectivity index is 0.000000133. The molecule has 1 fully saturated rings. The van der Waals surface area contributed by atoms with Gasteiger partial charge in [-0.25, -0.2) is 27.2 Å². The number of nitrogens with zero attached hydrogens (tertiary/aromatic N) is 5. The first-order chi connectivity index (χ1) is 54.5. The molecule has 0 N–H and O–H groups in total. The first kappa shape index (κ1) is 83.6. The minimum absolute atomic E-state index is 0.0972. The van der Waals surface area contributed by atoms with Gasteiger partial charge in [0.05, 0.1) is 54.7 Å². The summed E-state index contributed by atoms with van der Waals surface area (Å²) < 4.78 is 25.3. The fraction of sp³-hybridized carbons (Fsp3) is 0.312. The average Bonchev–Trinajstić information content (AvgIpc) is 1.09. The van der Waals surface area contributed by atoms with Gasteiger partial charge >= 0.3 is 0 Å². The maximum absolute atomic E-state index is 14.1. The largest absolute Gasteiger partial charge is 0.220 e. The van der Waals surface area contributed by atoms with Gasteiger partial charge in [0.15, 0.2) is 31.0 Å². The standard InChI is InChI=1S/C24H28N.C23H28N.C22H26N.C20H21FN.C20H22N/c1-16-9-10-22-20(13-16)11-12-25(4)24(22)23-15-21(14-17(2)18(23)3)19-7-5-6-8-19;1-15-8-9-20-18(12-15)10-11-24(7)22(20)21-14-19(23(4,5)6)13-16(2)17(21)3;1-14(2)19-12-16(4)17(5)21(13-19)22-20-8-7-15(3)11-18(20)9-10-23(22)6;1-12-6-7-17-16(10-12)8-9-22(5)20(17)18-11-13(2)19(21)15(4)14(18)3;1-13-6-7-18-17(11-13)8-9-21(5)20(18)19-12-14(2)10-15(3)16(19)4/h9-15,19H,5-8H2,1-4H3;8-14H,1-7H3;7-14H,1-6H3;6-11H,1-5H3;6-12H,1-5H3/q5*+1. The molecule has 5 heterocycles. The number of aromatic nitrogens is 5. The Morgan fingerprint density at radius 2 is 0.600 bits per heavy atom. The molecule has 1 saturated carbocycles. The van der Waals surface area contributed by atoms with Crippen LogP contribution in [0.2, 0.25) is 0 Å². The van der Waals surface area contributed by atoms with Gasteiger partial charge < -0.3 is 0 Å². The Morgan fingerprint density at radius 1 is 0.296 bits per heavy atom. The van der Waals surface area contributed by atoms with Gasteiger partial charge in [-0.15, -0.1) is 0 Å². The van der Waals surface area contributed by atoms with Gasteiger partial charge in [-0.3, -0.25) is 0 Å². The zero-order chi connectivity index (χ0) is 83.1. The van der Waals surface area contributed by atoms with E-state index in [-0.39, 0.29) is 11.2 Å². The first-order valence-corrected chi connectivity index (χ1v) is 41.6. The van der Waals surface area contributed by atoms with Crippen molar-refractivity contribution < 1.29 is 27.2 Å². The average molecular weight is 1520 g/mol. The van der Waals surface area contributed by atoms with Crippen LogP contribution in [-0.4, -0.2) is 0 Å². The normalized spacial score (nSPS) is 12.3. The number of halogens is 1. The van der Waals surface area contributed by atoms with Crippen LogP contribution in [0.4, 0.5) is 4.39 Å². The molecule has 0 aliphatic heterocycles. The van der Waals surface area contributed by atoms with Crippen molar-refractivity contribution in [2.45, 2.75) is 195 Å². The van der Waals surface area contributed by atoms with Crippen molar-refractivity contribution in [1.82, 2.24) is 0 Å². The topological polar surface area (TPSA) is 19.4 Å². The lowest BCUT2D eigenvalue weighted by atomic mass is 9.83. The van der Waals surface area contributed by atoms with E-state index in [0.717, 1.165) is 28.3 Å². The van der Waals surface area contributed by atoms with Gasteiger partial charge in [-0.1, -0.05) is 166 Å². The Bertz CT molecular complexity index is 6270. The molecule has 1 aliphatic rings. The highest BCUT2D eigenvalue weighted by atomic mass is 19.1. The molecular formula is C109H125FN5+5. The summed E-state index contributed by atoms with van der Waals surface area (Å²) in [7, 11) is 10.6. The molecule has 0 radical (unpaired) electrons. The van der Waals surface area contributed by atoms with Gasteiger partial charge in [-0.2, -0.15) is 0 Å². The van der Waals surface area contributed by atoms with Crippen LogP contribution in [0.1, 0.15) is 183 Å². The lowest BCUT2D eigenvalue weighted by Gasteiger charge is -2.22. The van der Waals surface area contributed by atoms with Crippen molar-refractivity contribution >= 4 is 53.9 Å². The third-order valence-corrected chi connectivity index (χ3v) is 25.0. The molecule has 588 valence electrons. The van der Waals surface area contributed by atoms with Crippen LogP contribution in [0.3, 0.4) is 0 Å². The van der Waals surface area contributed by atoms with Crippen LogP contribution in [0.25, 0.3) is 110 Å². The van der Waals surface area contributed by atoms with E-state index in [1.54, 1.807) is 5.56 Å². The molecule has 0 atom stereocenters. The van der Waals surface area contributed by atoms with Crippen LogP contribution in [-0.2, 0) is 40.7 Å². The van der Waals surface area contributed by atoms with Crippen LogP contribution >= 0.6 is 0 Å². The predicted molar refractivity (Wildman–Crippen MR) is 487 cm³/mol. The maximum Gasteiger partial charge on any atom is 0.220 e. The number of hydrogen-bond acceptors (Lipinski definition) is 0. The quantitative estimate of drug-likeness (QED) is 0.142. The van der Waals surface area contributed by atoms with Gasteiger partial charge in [-0.05, 0) is 313 Å². The molecule has 15 aromatic rings. The summed E-state index contributed by atoms with van der Waals surface area (Å²) in [4.78, 5) is 0. The Morgan fingerprint density at radius 3 is 0.948 bits per heavy atom. The first-order valence-electron chi connectivity index (χ1n) is 41.6. The molecule has 16 rings (SSSR count). The molecule has 0 unspecified atom stereocenters. The highest BCUT2D eigenvalue weighted by Gasteiger charge is 2.28. The summed E-state index contributed by atoms with van der Waals surface area (Å²) in [5, 5.41) is 13.0. The van der Waals surface area contributed by atoms with Gasteiger partial charge in [0, 0.05) is 30.3 Å². The molecule has 0 amide bonds. The molecule has 115 heavy (non-hydrogen) atoms. The number of aryl methyl sites for hydroxylation is 16. The number of rotatable bonds is 7. The van der Waals surface area contributed by atoms with Crippen molar-refractivity contribution in [3.8, 4) is 56.3 Å². The van der Waals surface area contributed by atoms with Crippen LogP contribution in [0.5, 0.6) is 0 Å². The second-order valence-corrected chi connectivity index (χ2v) is 35.3. The number of fused-ring (bicyclic) bond motifs is 5. The fourth-order valence-electron chi connectivity index (χ4n) is 17.4. The van der Waals surface area contributed by atoms with E-state index in [4.69, 9.17) is 0 Å². The van der Waals surface area contributed by atoms with E-state index in [9.17, 15) is 4.39 Å². The lowest BCUT2D eigenvalue weighted by Crippen LogP contribution is -2.31. The Hall–Kier alpha value is -10.8. The van der Waals surface area contributed by atoms with E-state index in [1.165, 1.54) is 214 Å². The fourth-order valence-corrected chi connectivity index (χ4v) is 17.4. The molecule has 5 nitrogen and oxygen atoms in total. The van der Waals surface area contributed by atoms with E-state index < -0.39 is 0 Å². The molecule has 0 saturated heterocycles. The SMILES string of the molecule is Cc1cc(C)c(C)c(-c2c3ccc(C)cc3cc[n+]2C)c1.Cc1ccc2c(-c3cc(C(C)(C)C)cc(C)c3C)[n+](C)ccc2c1.Cc1ccc2c(-c3cc(C(C)C)cc(C)c3C)[n+](C)ccc2c1.Cc1ccc2c(-c3cc(C)c(F)c(C)c3C)[n+](C)ccc2c1.Cc1ccc2c(-c3cc(C4CCCC4)cc(C)c3C)[n+](C)ccc2c1. The second-order valence-electron chi connectivity index (χ2n) is 35.3. The minimum atomic E-state index is -0.0972.